The van der Waals surface area contributed by atoms with E-state index < -0.39 is 0 Å². The molecule has 1 aliphatic rings. The van der Waals surface area contributed by atoms with Crippen molar-refractivity contribution in [1.29, 1.82) is 0 Å². The maximum absolute atomic E-state index is 11.6. The monoisotopic (exact) mass is 390 g/mol. The minimum atomic E-state index is -0.0581. The van der Waals surface area contributed by atoms with Crippen molar-refractivity contribution in [1.82, 2.24) is 10.6 Å². The summed E-state index contributed by atoms with van der Waals surface area (Å²) in [4.78, 5) is 33.2. The molecule has 20 heavy (non-hydrogen) atoms. The SMILES string of the molecule is CC(=O)NC1=CC=C(CCC(=O)NCCC(=O)I)CC1. The molecule has 0 saturated heterocycles. The summed E-state index contributed by atoms with van der Waals surface area (Å²) >= 11 is 1.72. The van der Waals surface area contributed by atoms with Gasteiger partial charge in [0.1, 0.15) is 0 Å². The lowest BCUT2D eigenvalue weighted by molar-refractivity contribution is -0.121. The predicted octanol–water partition coefficient (Wildman–Crippen LogP) is 1.97. The van der Waals surface area contributed by atoms with E-state index in [9.17, 15) is 14.4 Å². The van der Waals surface area contributed by atoms with Gasteiger partial charge in [-0.05, 0) is 47.9 Å². The molecule has 0 aromatic carbocycles. The third-order valence-corrected chi connectivity index (χ3v) is 3.43. The number of hydrogen-bond acceptors (Lipinski definition) is 3. The fraction of sp³-hybridized carbons (Fsp3) is 0.500. The molecule has 0 aromatic heterocycles. The van der Waals surface area contributed by atoms with Crippen molar-refractivity contribution in [3.63, 3.8) is 0 Å². The van der Waals surface area contributed by atoms with Gasteiger partial charge in [0, 0.05) is 32.0 Å². The van der Waals surface area contributed by atoms with Crippen LogP contribution in [0.3, 0.4) is 0 Å². The molecule has 0 fully saturated rings. The van der Waals surface area contributed by atoms with Gasteiger partial charge in [-0.25, -0.2) is 0 Å². The molecule has 2 amide bonds. The number of allylic oxidation sites excluding steroid dienone is 4. The van der Waals surface area contributed by atoms with Crippen LogP contribution in [-0.4, -0.2) is 22.1 Å². The normalized spacial score (nSPS) is 14.1. The van der Waals surface area contributed by atoms with Crippen LogP contribution < -0.4 is 10.6 Å². The van der Waals surface area contributed by atoms with Crippen LogP contribution in [0.15, 0.2) is 23.4 Å². The highest BCUT2D eigenvalue weighted by molar-refractivity contribution is 14.1. The number of hydrogen-bond donors (Lipinski definition) is 2. The highest BCUT2D eigenvalue weighted by Crippen LogP contribution is 2.20. The maximum Gasteiger partial charge on any atom is 0.220 e. The van der Waals surface area contributed by atoms with E-state index in [0.29, 0.717) is 25.8 Å². The topological polar surface area (TPSA) is 75.3 Å². The van der Waals surface area contributed by atoms with E-state index in [1.54, 1.807) is 22.6 Å². The fourth-order valence-electron chi connectivity index (χ4n) is 1.88. The van der Waals surface area contributed by atoms with Gasteiger partial charge in [0.15, 0.2) is 3.79 Å². The molecule has 110 valence electrons. The first-order chi connectivity index (χ1) is 9.47. The van der Waals surface area contributed by atoms with Crippen molar-refractivity contribution >= 4 is 38.2 Å². The van der Waals surface area contributed by atoms with Gasteiger partial charge in [-0.15, -0.1) is 0 Å². The summed E-state index contributed by atoms with van der Waals surface area (Å²) in [7, 11) is 0. The molecule has 0 aromatic rings. The van der Waals surface area contributed by atoms with Crippen LogP contribution in [-0.2, 0) is 14.4 Å². The van der Waals surface area contributed by atoms with Crippen LogP contribution in [0, 0.1) is 0 Å². The Bertz CT molecular complexity index is 455. The minimum Gasteiger partial charge on any atom is -0.356 e. The summed E-state index contributed by atoms with van der Waals surface area (Å²) in [5, 5.41) is 5.50. The first-order valence-corrected chi connectivity index (χ1v) is 7.66. The summed E-state index contributed by atoms with van der Waals surface area (Å²) in [6.07, 6.45) is 7.06. The highest BCUT2D eigenvalue weighted by Gasteiger charge is 2.09. The number of carbonyl (C=O) groups is 3. The van der Waals surface area contributed by atoms with Crippen LogP contribution in [0.1, 0.15) is 39.0 Å². The Balaban J connectivity index is 2.27. The zero-order valence-electron chi connectivity index (χ0n) is 11.5. The van der Waals surface area contributed by atoms with Gasteiger partial charge in [-0.2, -0.15) is 0 Å². The van der Waals surface area contributed by atoms with Gasteiger partial charge in [0.25, 0.3) is 0 Å². The second-order valence-electron chi connectivity index (χ2n) is 4.65. The van der Waals surface area contributed by atoms with Crippen molar-refractivity contribution < 1.29 is 14.4 Å². The quantitative estimate of drug-likeness (QED) is 0.516. The number of rotatable bonds is 7. The van der Waals surface area contributed by atoms with E-state index in [-0.39, 0.29) is 15.6 Å². The van der Waals surface area contributed by atoms with Gasteiger partial charge >= 0.3 is 0 Å². The zero-order valence-corrected chi connectivity index (χ0v) is 13.7. The molecule has 1 rings (SSSR count). The fourth-order valence-corrected chi connectivity index (χ4v) is 2.15. The van der Waals surface area contributed by atoms with Gasteiger partial charge in [-0.1, -0.05) is 11.6 Å². The van der Waals surface area contributed by atoms with Gasteiger partial charge in [0.05, 0.1) is 0 Å². The number of amides is 2. The molecular formula is C14H19IN2O3. The molecule has 0 bridgehead atoms. The van der Waals surface area contributed by atoms with Gasteiger partial charge in [-0.3, -0.25) is 14.4 Å². The molecule has 2 N–H and O–H groups in total. The summed E-state index contributed by atoms with van der Waals surface area (Å²) in [5.41, 5.74) is 2.13. The molecule has 0 heterocycles. The number of halogens is 1. The Labute approximate surface area is 132 Å². The molecule has 0 spiro atoms. The average molecular weight is 390 g/mol. The second-order valence-corrected chi connectivity index (χ2v) is 5.86. The number of carbonyl (C=O) groups excluding carboxylic acids is 3. The first-order valence-electron chi connectivity index (χ1n) is 6.58. The smallest absolute Gasteiger partial charge is 0.220 e. The van der Waals surface area contributed by atoms with Gasteiger partial charge < -0.3 is 10.6 Å². The number of nitrogens with one attached hydrogen (secondary N) is 2. The summed E-state index contributed by atoms with van der Waals surface area (Å²) < 4.78 is 0.0496. The lowest BCUT2D eigenvalue weighted by atomic mass is 9.98. The molecule has 0 radical (unpaired) electrons. The van der Waals surface area contributed by atoms with E-state index >= 15 is 0 Å². The summed E-state index contributed by atoms with van der Waals surface area (Å²) in [6, 6.07) is 0. The lowest BCUT2D eigenvalue weighted by Crippen LogP contribution is -2.25. The van der Waals surface area contributed by atoms with Crippen LogP contribution >= 0.6 is 22.6 Å². The van der Waals surface area contributed by atoms with E-state index in [1.165, 1.54) is 12.5 Å². The van der Waals surface area contributed by atoms with E-state index in [1.807, 2.05) is 12.2 Å². The Morgan fingerprint density at radius 2 is 1.95 bits per heavy atom. The van der Waals surface area contributed by atoms with Crippen molar-refractivity contribution in [3.05, 3.63) is 23.4 Å². The van der Waals surface area contributed by atoms with Crippen molar-refractivity contribution in [2.75, 3.05) is 6.54 Å². The van der Waals surface area contributed by atoms with Gasteiger partial charge in [0.2, 0.25) is 11.8 Å². The average Bonchev–Trinajstić information content (AvgIpc) is 2.37. The summed E-state index contributed by atoms with van der Waals surface area (Å²) in [6.45, 7) is 1.90. The van der Waals surface area contributed by atoms with E-state index in [0.717, 1.165) is 18.5 Å². The van der Waals surface area contributed by atoms with Crippen molar-refractivity contribution in [2.45, 2.75) is 39.0 Å². The molecule has 0 atom stereocenters. The molecule has 5 nitrogen and oxygen atoms in total. The molecular weight excluding hydrogens is 371 g/mol. The minimum absolute atomic E-state index is 0.0276. The molecule has 0 aliphatic heterocycles. The maximum atomic E-state index is 11.6. The highest BCUT2D eigenvalue weighted by atomic mass is 127. The first kappa shape index (κ1) is 16.9. The standard InChI is InChI=1S/C14H19IN2O3/c1-10(18)17-12-5-2-11(3-6-12)4-7-14(20)16-9-8-13(15)19/h2,5H,3-4,6-9H2,1H3,(H,16,20)(H,17,18). The Morgan fingerprint density at radius 1 is 1.20 bits per heavy atom. The second kappa shape index (κ2) is 8.89. The van der Waals surface area contributed by atoms with Crippen LogP contribution in [0.25, 0.3) is 0 Å². The van der Waals surface area contributed by atoms with E-state index in [2.05, 4.69) is 10.6 Å². The molecule has 1 aliphatic carbocycles. The zero-order chi connectivity index (χ0) is 15.0. The summed E-state index contributed by atoms with van der Waals surface area (Å²) in [5.74, 6) is -0.0857. The third kappa shape index (κ3) is 7.42. The molecule has 0 unspecified atom stereocenters. The Hall–Kier alpha value is -1.18. The molecule has 0 saturated carbocycles. The van der Waals surface area contributed by atoms with Crippen LogP contribution in [0.2, 0.25) is 0 Å². The van der Waals surface area contributed by atoms with E-state index in [4.69, 9.17) is 0 Å². The Morgan fingerprint density at radius 3 is 2.50 bits per heavy atom. The Kier molecular flexibility index (Phi) is 7.50. The molecule has 6 heteroatoms. The van der Waals surface area contributed by atoms with Crippen LogP contribution in [0.4, 0.5) is 0 Å². The lowest BCUT2D eigenvalue weighted by Gasteiger charge is -2.14. The largest absolute Gasteiger partial charge is 0.356 e. The van der Waals surface area contributed by atoms with Crippen LogP contribution in [0.5, 0.6) is 0 Å². The predicted molar refractivity (Wildman–Crippen MR) is 85.1 cm³/mol. The van der Waals surface area contributed by atoms with Crippen molar-refractivity contribution in [2.24, 2.45) is 0 Å². The van der Waals surface area contributed by atoms with Crippen molar-refractivity contribution in [3.8, 4) is 0 Å². The third-order valence-electron chi connectivity index (χ3n) is 2.89.